The largest absolute Gasteiger partial charge is 0.494 e. The van der Waals surface area contributed by atoms with Crippen LogP contribution in [0, 0.1) is 6.92 Å². The van der Waals surface area contributed by atoms with Crippen molar-refractivity contribution in [2.45, 2.75) is 26.2 Å². The maximum absolute atomic E-state index is 12.7. The minimum absolute atomic E-state index is 0.0903. The first kappa shape index (κ1) is 21.9. The highest BCUT2D eigenvalue weighted by Gasteiger charge is 2.33. The second-order valence-electron chi connectivity index (χ2n) is 7.95. The van der Waals surface area contributed by atoms with Crippen LogP contribution in [0.5, 0.6) is 11.5 Å². The van der Waals surface area contributed by atoms with Crippen LogP contribution in [0.2, 0.25) is 0 Å². The number of anilines is 1. The van der Waals surface area contributed by atoms with E-state index in [9.17, 15) is 9.59 Å². The molecule has 9 nitrogen and oxygen atoms in total. The standard InChI is InChI=1S/C24H23N5O4S/c1-3-32-16-8-9-18-19(10-16)34-24(26-18)29-23-22(13(2)28-29)17(11-21(31)27-23)14-4-6-15(7-5-14)33-12-20(25)30/h4-10,17H,3,11-12H2,1-2H3,(H2,25,30)(H,27,31)/t17-/m0/s1. The molecule has 0 saturated carbocycles. The van der Waals surface area contributed by atoms with Crippen molar-refractivity contribution in [2.75, 3.05) is 18.5 Å². The maximum atomic E-state index is 12.7. The number of nitrogens with zero attached hydrogens (tertiary/aromatic N) is 3. The summed E-state index contributed by atoms with van der Waals surface area (Å²) >= 11 is 1.49. The fourth-order valence-corrected chi connectivity index (χ4v) is 5.11. The highest BCUT2D eigenvalue weighted by Crippen LogP contribution is 2.41. The number of aryl methyl sites for hydroxylation is 1. The lowest BCUT2D eigenvalue weighted by Crippen LogP contribution is -2.25. The predicted molar refractivity (Wildman–Crippen MR) is 129 cm³/mol. The third kappa shape index (κ3) is 4.08. The Kier molecular flexibility index (Phi) is 5.66. The summed E-state index contributed by atoms with van der Waals surface area (Å²) in [6.45, 7) is 4.29. The van der Waals surface area contributed by atoms with Gasteiger partial charge in [0.1, 0.15) is 17.3 Å². The van der Waals surface area contributed by atoms with Crippen LogP contribution in [0.15, 0.2) is 42.5 Å². The van der Waals surface area contributed by atoms with Crippen molar-refractivity contribution in [2.24, 2.45) is 5.73 Å². The smallest absolute Gasteiger partial charge is 0.255 e. The maximum Gasteiger partial charge on any atom is 0.255 e. The van der Waals surface area contributed by atoms with Gasteiger partial charge >= 0.3 is 0 Å². The summed E-state index contributed by atoms with van der Waals surface area (Å²) in [5.41, 5.74) is 8.72. The number of fused-ring (bicyclic) bond motifs is 2. The molecule has 10 heteroatoms. The van der Waals surface area contributed by atoms with Gasteiger partial charge in [-0.1, -0.05) is 23.5 Å². The van der Waals surface area contributed by atoms with Crippen LogP contribution in [-0.2, 0) is 9.59 Å². The van der Waals surface area contributed by atoms with Gasteiger partial charge in [-0.2, -0.15) is 9.78 Å². The number of hydrogen-bond acceptors (Lipinski definition) is 7. The molecule has 34 heavy (non-hydrogen) atoms. The molecule has 0 unspecified atom stereocenters. The molecule has 0 saturated heterocycles. The molecule has 4 aromatic rings. The Morgan fingerprint density at radius 3 is 2.71 bits per heavy atom. The fourth-order valence-electron chi connectivity index (χ4n) is 4.16. The van der Waals surface area contributed by atoms with Crippen molar-refractivity contribution >= 4 is 39.2 Å². The van der Waals surface area contributed by atoms with Gasteiger partial charge in [0.25, 0.3) is 5.91 Å². The molecule has 174 valence electrons. The number of nitrogens with one attached hydrogen (secondary N) is 1. The Hall–Kier alpha value is -3.92. The monoisotopic (exact) mass is 477 g/mol. The van der Waals surface area contributed by atoms with Crippen molar-refractivity contribution in [3.63, 3.8) is 0 Å². The van der Waals surface area contributed by atoms with Gasteiger partial charge in [-0.15, -0.1) is 0 Å². The molecule has 0 aliphatic carbocycles. The first-order chi connectivity index (χ1) is 16.4. The Bertz CT molecular complexity index is 1390. The summed E-state index contributed by atoms with van der Waals surface area (Å²) in [5, 5.41) is 8.40. The molecule has 3 N–H and O–H groups in total. The molecule has 1 aliphatic rings. The van der Waals surface area contributed by atoms with Crippen molar-refractivity contribution in [1.29, 1.82) is 0 Å². The van der Waals surface area contributed by atoms with E-state index in [0.29, 0.717) is 29.7 Å². The molecule has 3 heterocycles. The number of thiazole rings is 1. The minimum Gasteiger partial charge on any atom is -0.494 e. The van der Waals surface area contributed by atoms with E-state index in [1.165, 1.54) is 11.3 Å². The predicted octanol–water partition coefficient (Wildman–Crippen LogP) is 3.53. The molecule has 0 radical (unpaired) electrons. The molecule has 0 bridgehead atoms. The van der Waals surface area contributed by atoms with Crippen molar-refractivity contribution in [3.8, 4) is 16.6 Å². The molecule has 0 spiro atoms. The van der Waals surface area contributed by atoms with Crippen molar-refractivity contribution < 1.29 is 19.1 Å². The molecule has 0 fully saturated rings. The molecule has 5 rings (SSSR count). The second kappa shape index (κ2) is 8.79. The Morgan fingerprint density at radius 2 is 1.97 bits per heavy atom. The van der Waals surface area contributed by atoms with Gasteiger partial charge in [0.05, 0.1) is 22.5 Å². The normalized spacial score (nSPS) is 15.1. The van der Waals surface area contributed by atoms with Crippen LogP contribution in [0.4, 0.5) is 5.82 Å². The number of rotatable bonds is 7. The van der Waals surface area contributed by atoms with E-state index in [1.807, 2.05) is 44.2 Å². The quantitative estimate of drug-likeness (QED) is 0.420. The number of benzene rings is 2. The SMILES string of the molecule is CCOc1ccc2nc(-n3nc(C)c4c3NC(=O)C[C@H]4c3ccc(OCC(N)=O)cc3)sc2c1. The summed E-state index contributed by atoms with van der Waals surface area (Å²) in [6.07, 6.45) is 0.304. The summed E-state index contributed by atoms with van der Waals surface area (Å²) in [5.74, 6) is 1.17. The van der Waals surface area contributed by atoms with Crippen LogP contribution in [0.25, 0.3) is 15.3 Å². The van der Waals surface area contributed by atoms with E-state index in [-0.39, 0.29) is 18.4 Å². The van der Waals surface area contributed by atoms with Crippen LogP contribution in [0.3, 0.4) is 0 Å². The molecular weight excluding hydrogens is 454 g/mol. The lowest BCUT2D eigenvalue weighted by Gasteiger charge is -2.24. The first-order valence-corrected chi connectivity index (χ1v) is 11.7. The van der Waals surface area contributed by atoms with E-state index in [4.69, 9.17) is 25.3 Å². The Balaban J connectivity index is 1.51. The van der Waals surface area contributed by atoms with E-state index >= 15 is 0 Å². The Labute approximate surface area is 199 Å². The lowest BCUT2D eigenvalue weighted by atomic mass is 9.86. The lowest BCUT2D eigenvalue weighted by molar-refractivity contribution is -0.120. The van der Waals surface area contributed by atoms with Gasteiger partial charge in [0.2, 0.25) is 11.0 Å². The number of hydrogen-bond donors (Lipinski definition) is 2. The number of ether oxygens (including phenoxy) is 2. The average Bonchev–Trinajstić information content (AvgIpc) is 3.38. The second-order valence-corrected chi connectivity index (χ2v) is 8.96. The number of carbonyl (C=O) groups excluding carboxylic acids is 2. The molecule has 2 aromatic heterocycles. The van der Waals surface area contributed by atoms with Gasteiger partial charge in [-0.3, -0.25) is 9.59 Å². The zero-order valence-electron chi connectivity index (χ0n) is 18.7. The number of aromatic nitrogens is 3. The molecule has 2 aromatic carbocycles. The summed E-state index contributed by atoms with van der Waals surface area (Å²) in [6, 6.07) is 13.1. The molecule has 2 amide bonds. The van der Waals surface area contributed by atoms with Crippen LogP contribution in [-0.4, -0.2) is 39.8 Å². The third-order valence-corrected chi connectivity index (χ3v) is 6.60. The summed E-state index contributed by atoms with van der Waals surface area (Å²) < 4.78 is 13.6. The number of primary amides is 1. The highest BCUT2D eigenvalue weighted by atomic mass is 32.1. The van der Waals surface area contributed by atoms with Gasteiger partial charge in [0.15, 0.2) is 6.61 Å². The van der Waals surface area contributed by atoms with Crippen LogP contribution >= 0.6 is 11.3 Å². The summed E-state index contributed by atoms with van der Waals surface area (Å²) in [7, 11) is 0. The van der Waals surface area contributed by atoms with Gasteiger partial charge in [0, 0.05) is 17.9 Å². The van der Waals surface area contributed by atoms with Crippen molar-refractivity contribution in [1.82, 2.24) is 14.8 Å². The molecule has 1 aliphatic heterocycles. The fraction of sp³-hybridized carbons (Fsp3) is 0.250. The minimum atomic E-state index is -0.537. The molecular formula is C24H23N5O4S. The number of amides is 2. The number of nitrogens with two attached hydrogens (primary N) is 1. The van der Waals surface area contributed by atoms with Crippen LogP contribution < -0.4 is 20.5 Å². The van der Waals surface area contributed by atoms with Crippen molar-refractivity contribution in [3.05, 3.63) is 59.3 Å². The average molecular weight is 478 g/mol. The zero-order valence-corrected chi connectivity index (χ0v) is 19.5. The van der Waals surface area contributed by atoms with Gasteiger partial charge in [-0.25, -0.2) is 4.98 Å². The number of carbonyl (C=O) groups is 2. The van der Waals surface area contributed by atoms with Crippen LogP contribution in [0.1, 0.15) is 36.1 Å². The third-order valence-electron chi connectivity index (χ3n) is 5.61. The van der Waals surface area contributed by atoms with E-state index in [1.54, 1.807) is 16.8 Å². The first-order valence-electron chi connectivity index (χ1n) is 10.9. The molecule has 1 atom stereocenters. The van der Waals surface area contributed by atoms with E-state index in [0.717, 1.165) is 32.8 Å². The summed E-state index contributed by atoms with van der Waals surface area (Å²) in [4.78, 5) is 28.4. The zero-order chi connectivity index (χ0) is 23.8. The Morgan fingerprint density at radius 1 is 1.21 bits per heavy atom. The van der Waals surface area contributed by atoms with E-state index < -0.39 is 5.91 Å². The van der Waals surface area contributed by atoms with E-state index in [2.05, 4.69) is 5.32 Å². The topological polar surface area (TPSA) is 121 Å². The highest BCUT2D eigenvalue weighted by molar-refractivity contribution is 7.20. The van der Waals surface area contributed by atoms with Gasteiger partial charge in [-0.05, 0) is 49.7 Å². The van der Waals surface area contributed by atoms with Gasteiger partial charge < -0.3 is 20.5 Å².